The molecule has 8 heteroatoms. The summed E-state index contributed by atoms with van der Waals surface area (Å²) in [6, 6.07) is 17.0. The molecule has 0 spiro atoms. The quantitative estimate of drug-likeness (QED) is 0.568. The third-order valence-corrected chi connectivity index (χ3v) is 5.79. The highest BCUT2D eigenvalue weighted by Gasteiger charge is 2.54. The van der Waals surface area contributed by atoms with Crippen LogP contribution in [-0.2, 0) is 4.79 Å². The number of nitrogens with zero attached hydrogens (tertiary/aromatic N) is 2. The average Bonchev–Trinajstić information content (AvgIpc) is 3.08. The first kappa shape index (κ1) is 19.3. The lowest BCUT2D eigenvalue weighted by Gasteiger charge is -2.41. The zero-order chi connectivity index (χ0) is 20.5. The van der Waals surface area contributed by atoms with Crippen molar-refractivity contribution in [3.8, 4) is 6.07 Å². The second kappa shape index (κ2) is 7.79. The number of fused-ring (bicyclic) bond motifs is 1. The molecular weight excluding hydrogens is 388 g/mol. The Balaban J connectivity index is 1.69. The standard InChI is InChI=1S/C21H20N4O3S/c22-11-12-5-4-8-14(9-12)25-18-15(20(28)23-13-6-2-1-3-7-13)10-16(26)19(27)17(18)24-21(25)29/h1-9,15-19,26-27H,10H2,(H,23,28)(H,24,29). The summed E-state index contributed by atoms with van der Waals surface area (Å²) >= 11 is 5.48. The molecule has 1 aliphatic carbocycles. The summed E-state index contributed by atoms with van der Waals surface area (Å²) in [5.74, 6) is -0.887. The molecule has 4 rings (SSSR count). The van der Waals surface area contributed by atoms with Crippen LogP contribution in [0.1, 0.15) is 12.0 Å². The minimum atomic E-state index is -1.07. The molecule has 0 radical (unpaired) electrons. The number of aliphatic hydroxyl groups excluding tert-OH is 2. The van der Waals surface area contributed by atoms with Crippen molar-refractivity contribution in [2.45, 2.75) is 30.7 Å². The van der Waals surface area contributed by atoms with E-state index in [0.29, 0.717) is 22.1 Å². The lowest BCUT2D eigenvalue weighted by Crippen LogP contribution is -2.60. The summed E-state index contributed by atoms with van der Waals surface area (Å²) in [6.07, 6.45) is -2.02. The van der Waals surface area contributed by atoms with Crippen LogP contribution in [0.25, 0.3) is 0 Å². The van der Waals surface area contributed by atoms with Gasteiger partial charge in [0.15, 0.2) is 5.11 Å². The fourth-order valence-electron chi connectivity index (χ4n) is 4.12. The largest absolute Gasteiger partial charge is 0.390 e. The van der Waals surface area contributed by atoms with Crippen LogP contribution in [0.4, 0.5) is 11.4 Å². The number of carbonyl (C=O) groups excluding carboxylic acids is 1. The Morgan fingerprint density at radius 2 is 1.97 bits per heavy atom. The van der Waals surface area contributed by atoms with Crippen LogP contribution in [-0.4, -0.2) is 45.5 Å². The molecular formula is C21H20N4O3S. The highest BCUT2D eigenvalue weighted by atomic mass is 32.1. The van der Waals surface area contributed by atoms with Crippen molar-refractivity contribution < 1.29 is 15.0 Å². The van der Waals surface area contributed by atoms with Gasteiger partial charge >= 0.3 is 0 Å². The zero-order valence-corrected chi connectivity index (χ0v) is 16.2. The maximum Gasteiger partial charge on any atom is 0.229 e. The lowest BCUT2D eigenvalue weighted by atomic mass is 9.77. The van der Waals surface area contributed by atoms with Gasteiger partial charge in [0, 0.05) is 11.4 Å². The number of aliphatic hydroxyl groups is 2. The Labute approximate surface area is 173 Å². The molecule has 1 saturated heterocycles. The van der Waals surface area contributed by atoms with Gasteiger partial charge in [0.05, 0.1) is 35.7 Å². The number of hydrogen-bond acceptors (Lipinski definition) is 5. The Morgan fingerprint density at radius 1 is 1.21 bits per heavy atom. The fraction of sp³-hybridized carbons (Fsp3) is 0.286. The highest BCUT2D eigenvalue weighted by Crippen LogP contribution is 2.37. The topological polar surface area (TPSA) is 109 Å². The second-order valence-electron chi connectivity index (χ2n) is 7.25. The van der Waals surface area contributed by atoms with Crippen LogP contribution in [0, 0.1) is 17.2 Å². The number of rotatable bonds is 3. The minimum absolute atomic E-state index is 0.0970. The van der Waals surface area contributed by atoms with Gasteiger partial charge in [-0.25, -0.2) is 0 Å². The maximum atomic E-state index is 13.1. The van der Waals surface area contributed by atoms with Gasteiger partial charge in [0.25, 0.3) is 0 Å². The number of hydrogen-bond donors (Lipinski definition) is 4. The van der Waals surface area contributed by atoms with Gasteiger partial charge in [-0.3, -0.25) is 4.79 Å². The summed E-state index contributed by atoms with van der Waals surface area (Å²) in [7, 11) is 0. The Morgan fingerprint density at radius 3 is 2.69 bits per heavy atom. The highest BCUT2D eigenvalue weighted by molar-refractivity contribution is 7.80. The molecule has 2 fully saturated rings. The van der Waals surface area contributed by atoms with E-state index in [1.54, 1.807) is 41.3 Å². The molecule has 2 aliphatic rings. The van der Waals surface area contributed by atoms with E-state index in [2.05, 4.69) is 16.7 Å². The summed E-state index contributed by atoms with van der Waals surface area (Å²) < 4.78 is 0. The average molecular weight is 408 g/mol. The van der Waals surface area contributed by atoms with Crippen LogP contribution < -0.4 is 15.5 Å². The van der Waals surface area contributed by atoms with Crippen molar-refractivity contribution in [3.05, 3.63) is 60.2 Å². The van der Waals surface area contributed by atoms with Crippen molar-refractivity contribution in [1.82, 2.24) is 5.32 Å². The molecule has 1 aliphatic heterocycles. The third-order valence-electron chi connectivity index (χ3n) is 5.48. The molecule has 4 N–H and O–H groups in total. The van der Waals surface area contributed by atoms with E-state index in [1.165, 1.54) is 0 Å². The van der Waals surface area contributed by atoms with E-state index >= 15 is 0 Å². The van der Waals surface area contributed by atoms with Crippen LogP contribution in [0.5, 0.6) is 0 Å². The van der Waals surface area contributed by atoms with E-state index in [0.717, 1.165) is 0 Å². The van der Waals surface area contributed by atoms with E-state index in [-0.39, 0.29) is 12.3 Å². The van der Waals surface area contributed by atoms with Gasteiger partial charge < -0.3 is 25.7 Å². The monoisotopic (exact) mass is 408 g/mol. The number of benzene rings is 2. The van der Waals surface area contributed by atoms with Gasteiger partial charge in [-0.2, -0.15) is 5.26 Å². The molecule has 148 valence electrons. The molecule has 0 aromatic heterocycles. The number of carbonyl (C=O) groups is 1. The van der Waals surface area contributed by atoms with E-state index < -0.39 is 30.2 Å². The molecule has 2 aromatic rings. The zero-order valence-electron chi connectivity index (χ0n) is 15.4. The molecule has 29 heavy (non-hydrogen) atoms. The van der Waals surface area contributed by atoms with Crippen molar-refractivity contribution in [1.29, 1.82) is 5.26 Å². The molecule has 5 atom stereocenters. The second-order valence-corrected chi connectivity index (χ2v) is 7.64. The van der Waals surface area contributed by atoms with Crippen LogP contribution in [0.2, 0.25) is 0 Å². The van der Waals surface area contributed by atoms with Crippen LogP contribution in [0.3, 0.4) is 0 Å². The Bertz CT molecular complexity index is 977. The minimum Gasteiger partial charge on any atom is -0.390 e. The fourth-order valence-corrected chi connectivity index (χ4v) is 4.49. The first-order valence-electron chi connectivity index (χ1n) is 9.31. The predicted molar refractivity (Wildman–Crippen MR) is 112 cm³/mol. The van der Waals surface area contributed by atoms with Crippen LogP contribution >= 0.6 is 12.2 Å². The van der Waals surface area contributed by atoms with E-state index in [9.17, 15) is 20.3 Å². The third kappa shape index (κ3) is 3.56. The Hall–Kier alpha value is -2.99. The molecule has 2 aromatic carbocycles. The number of para-hydroxylation sites is 1. The summed E-state index contributed by atoms with van der Waals surface area (Å²) in [4.78, 5) is 14.9. The van der Waals surface area contributed by atoms with Crippen molar-refractivity contribution in [3.63, 3.8) is 0 Å². The molecule has 0 bridgehead atoms. The van der Waals surface area contributed by atoms with Crippen molar-refractivity contribution in [2.24, 2.45) is 5.92 Å². The summed E-state index contributed by atoms with van der Waals surface area (Å²) in [6.45, 7) is 0. The SMILES string of the molecule is N#Cc1cccc(N2C(=S)NC3C(O)C(O)CC(C(=O)Nc4ccccc4)C32)c1. The van der Waals surface area contributed by atoms with Crippen LogP contribution in [0.15, 0.2) is 54.6 Å². The van der Waals surface area contributed by atoms with Crippen molar-refractivity contribution >= 4 is 34.6 Å². The summed E-state index contributed by atoms with van der Waals surface area (Å²) in [5, 5.41) is 36.4. The van der Waals surface area contributed by atoms with Gasteiger partial charge in [-0.05, 0) is 49.0 Å². The first-order chi connectivity index (χ1) is 14.0. The number of nitrogens with one attached hydrogen (secondary N) is 2. The van der Waals surface area contributed by atoms with Gasteiger partial charge in [0.1, 0.15) is 6.10 Å². The molecule has 1 saturated carbocycles. The number of amides is 1. The molecule has 1 heterocycles. The van der Waals surface area contributed by atoms with Gasteiger partial charge in [0.2, 0.25) is 5.91 Å². The number of thiocarbonyl (C=S) groups is 1. The Kier molecular flexibility index (Phi) is 5.20. The van der Waals surface area contributed by atoms with Crippen molar-refractivity contribution in [2.75, 3.05) is 10.2 Å². The number of nitriles is 1. The smallest absolute Gasteiger partial charge is 0.229 e. The molecule has 1 amide bonds. The molecule has 5 unspecified atom stereocenters. The predicted octanol–water partition coefficient (Wildman–Crippen LogP) is 1.37. The molecule has 7 nitrogen and oxygen atoms in total. The normalized spacial score (nSPS) is 28.2. The van der Waals surface area contributed by atoms with E-state index in [4.69, 9.17) is 12.2 Å². The lowest BCUT2D eigenvalue weighted by molar-refractivity contribution is -0.126. The van der Waals surface area contributed by atoms with Gasteiger partial charge in [-0.1, -0.05) is 24.3 Å². The number of anilines is 2. The maximum absolute atomic E-state index is 13.1. The first-order valence-corrected chi connectivity index (χ1v) is 9.72. The van der Waals surface area contributed by atoms with E-state index in [1.807, 2.05) is 18.2 Å². The summed E-state index contributed by atoms with van der Waals surface area (Å²) in [5.41, 5.74) is 1.78. The van der Waals surface area contributed by atoms with Gasteiger partial charge in [-0.15, -0.1) is 0 Å².